The second-order valence-electron chi connectivity index (χ2n) is 3.41. The third-order valence-corrected chi connectivity index (χ3v) is 3.20. The highest BCUT2D eigenvalue weighted by Gasteiger charge is 2.22. The fraction of sp³-hybridized carbons (Fsp3) is 0.556. The largest absolute Gasteiger partial charge is 0.315 e. The number of rotatable bonds is 2. The number of anilines is 1. The Kier molecular flexibility index (Phi) is 6.90. The van der Waals surface area contributed by atoms with Gasteiger partial charge < -0.3 is 10.6 Å². The first-order valence-corrected chi connectivity index (χ1v) is 5.59. The summed E-state index contributed by atoms with van der Waals surface area (Å²) in [5.74, 6) is 0.0647. The monoisotopic (exact) mass is 283 g/mol. The van der Waals surface area contributed by atoms with Crippen LogP contribution in [0.3, 0.4) is 0 Å². The van der Waals surface area contributed by atoms with Crippen LogP contribution in [0.2, 0.25) is 0 Å². The highest BCUT2D eigenvalue weighted by Crippen LogP contribution is 2.19. The number of carbonyl (C=O) groups excluding carboxylic acids is 1. The zero-order valence-corrected chi connectivity index (χ0v) is 11.3. The van der Waals surface area contributed by atoms with E-state index < -0.39 is 0 Å². The molecule has 92 valence electrons. The average molecular weight is 284 g/mol. The molecule has 2 heterocycles. The molecule has 1 aromatic heterocycles. The minimum atomic E-state index is -0.0171. The summed E-state index contributed by atoms with van der Waals surface area (Å²) in [5.41, 5.74) is 2.63. The van der Waals surface area contributed by atoms with Gasteiger partial charge in [-0.2, -0.15) is 0 Å². The predicted molar refractivity (Wildman–Crippen MR) is 71.0 cm³/mol. The highest BCUT2D eigenvalue weighted by molar-refractivity contribution is 7.14. The molecule has 1 saturated heterocycles. The Labute approximate surface area is 111 Å². The molecule has 2 N–H and O–H groups in total. The van der Waals surface area contributed by atoms with E-state index in [2.05, 4.69) is 15.6 Å². The summed E-state index contributed by atoms with van der Waals surface area (Å²) < 4.78 is 0. The summed E-state index contributed by atoms with van der Waals surface area (Å²) in [6, 6.07) is -0.0171. The van der Waals surface area contributed by atoms with Crippen molar-refractivity contribution >= 4 is 47.1 Å². The van der Waals surface area contributed by atoms with Crippen molar-refractivity contribution in [2.75, 3.05) is 11.9 Å². The number of amides is 1. The molecule has 2 rings (SSSR count). The van der Waals surface area contributed by atoms with Gasteiger partial charge in [-0.15, -0.1) is 36.2 Å². The Morgan fingerprint density at radius 1 is 1.62 bits per heavy atom. The van der Waals surface area contributed by atoms with Crippen LogP contribution in [0.5, 0.6) is 0 Å². The number of nitrogens with one attached hydrogen (secondary N) is 2. The molecule has 1 aliphatic rings. The van der Waals surface area contributed by atoms with Gasteiger partial charge in [-0.25, -0.2) is 4.98 Å². The molecule has 1 aromatic rings. The van der Waals surface area contributed by atoms with E-state index >= 15 is 0 Å². The van der Waals surface area contributed by atoms with E-state index in [1.807, 2.05) is 6.92 Å². The normalized spacial score (nSPS) is 18.4. The maximum absolute atomic E-state index is 11.7. The maximum Gasteiger partial charge on any atom is 0.242 e. The third-order valence-electron chi connectivity index (χ3n) is 2.36. The fourth-order valence-corrected chi connectivity index (χ4v) is 2.23. The maximum atomic E-state index is 11.7. The number of hydrogen-bond acceptors (Lipinski definition) is 4. The number of hydrogen-bond donors (Lipinski definition) is 2. The highest BCUT2D eigenvalue weighted by atomic mass is 35.5. The van der Waals surface area contributed by atoms with Gasteiger partial charge in [-0.3, -0.25) is 4.79 Å². The Bertz CT molecular complexity index is 339. The number of carbonyl (C=O) groups is 1. The van der Waals surface area contributed by atoms with Crippen LogP contribution >= 0.6 is 36.2 Å². The molecule has 0 spiro atoms. The van der Waals surface area contributed by atoms with Crippen molar-refractivity contribution in [2.45, 2.75) is 25.8 Å². The predicted octanol–water partition coefficient (Wildman–Crippen LogP) is 1.99. The molecule has 0 saturated carbocycles. The molecular formula is C9H15Cl2N3OS. The van der Waals surface area contributed by atoms with Crippen molar-refractivity contribution in [3.8, 4) is 0 Å². The van der Waals surface area contributed by atoms with Crippen LogP contribution in [0.1, 0.15) is 18.5 Å². The lowest BCUT2D eigenvalue weighted by Crippen LogP contribution is -2.35. The summed E-state index contributed by atoms with van der Waals surface area (Å²) in [6.45, 7) is 2.84. The van der Waals surface area contributed by atoms with Gasteiger partial charge in [0.25, 0.3) is 0 Å². The van der Waals surface area contributed by atoms with Crippen LogP contribution in [0, 0.1) is 6.92 Å². The zero-order chi connectivity index (χ0) is 9.97. The van der Waals surface area contributed by atoms with Gasteiger partial charge >= 0.3 is 0 Å². The topological polar surface area (TPSA) is 54.0 Å². The van der Waals surface area contributed by atoms with Crippen LogP contribution < -0.4 is 10.6 Å². The second kappa shape index (κ2) is 7.06. The molecule has 1 amide bonds. The summed E-state index contributed by atoms with van der Waals surface area (Å²) in [4.78, 5) is 15.7. The SMILES string of the molecule is Cc1ncsc1NC(=O)[C@@H]1CCCN1.Cl.Cl. The summed E-state index contributed by atoms with van der Waals surface area (Å²) in [7, 11) is 0. The summed E-state index contributed by atoms with van der Waals surface area (Å²) >= 11 is 1.47. The van der Waals surface area contributed by atoms with Crippen LogP contribution in [0.4, 0.5) is 5.00 Å². The van der Waals surface area contributed by atoms with Crippen molar-refractivity contribution in [2.24, 2.45) is 0 Å². The minimum Gasteiger partial charge on any atom is -0.315 e. The first-order valence-electron chi connectivity index (χ1n) is 4.71. The van der Waals surface area contributed by atoms with E-state index in [4.69, 9.17) is 0 Å². The lowest BCUT2D eigenvalue weighted by atomic mass is 10.2. The van der Waals surface area contributed by atoms with Crippen molar-refractivity contribution in [3.63, 3.8) is 0 Å². The Morgan fingerprint density at radius 3 is 2.88 bits per heavy atom. The first kappa shape index (κ1) is 15.6. The molecule has 0 unspecified atom stereocenters. The van der Waals surface area contributed by atoms with Crippen molar-refractivity contribution in [1.29, 1.82) is 0 Å². The van der Waals surface area contributed by atoms with Gasteiger partial charge in [0.1, 0.15) is 5.00 Å². The van der Waals surface area contributed by atoms with E-state index in [-0.39, 0.29) is 36.8 Å². The number of halogens is 2. The molecule has 0 aliphatic carbocycles. The van der Waals surface area contributed by atoms with Gasteiger partial charge in [0.05, 0.1) is 17.2 Å². The molecule has 1 aliphatic heterocycles. The quantitative estimate of drug-likeness (QED) is 0.873. The first-order chi connectivity index (χ1) is 6.77. The van der Waals surface area contributed by atoms with Gasteiger partial charge in [0.2, 0.25) is 5.91 Å². The molecule has 1 atom stereocenters. The average Bonchev–Trinajstić information content (AvgIpc) is 2.77. The Balaban J connectivity index is 0.00000112. The van der Waals surface area contributed by atoms with Crippen LogP contribution in [-0.4, -0.2) is 23.5 Å². The van der Waals surface area contributed by atoms with Gasteiger partial charge in [-0.05, 0) is 26.3 Å². The van der Waals surface area contributed by atoms with Crippen molar-refractivity contribution in [1.82, 2.24) is 10.3 Å². The van der Waals surface area contributed by atoms with E-state index in [1.54, 1.807) is 5.51 Å². The van der Waals surface area contributed by atoms with Crippen LogP contribution in [-0.2, 0) is 4.79 Å². The Morgan fingerprint density at radius 2 is 2.38 bits per heavy atom. The van der Waals surface area contributed by atoms with E-state index in [9.17, 15) is 4.79 Å². The summed E-state index contributed by atoms with van der Waals surface area (Å²) in [5, 5.41) is 6.91. The molecule has 0 aromatic carbocycles. The lowest BCUT2D eigenvalue weighted by Gasteiger charge is -2.09. The number of aromatic nitrogens is 1. The third kappa shape index (κ3) is 3.59. The van der Waals surface area contributed by atoms with Gasteiger partial charge in [-0.1, -0.05) is 0 Å². The number of thiazole rings is 1. The van der Waals surface area contributed by atoms with E-state index in [0.717, 1.165) is 30.1 Å². The van der Waals surface area contributed by atoms with Crippen LogP contribution in [0.15, 0.2) is 5.51 Å². The molecule has 0 radical (unpaired) electrons. The van der Waals surface area contributed by atoms with Gasteiger partial charge in [0.15, 0.2) is 0 Å². The molecule has 7 heteroatoms. The number of nitrogens with zero attached hydrogens (tertiary/aromatic N) is 1. The number of aryl methyl sites for hydroxylation is 1. The standard InChI is InChI=1S/C9H13N3OS.2ClH/c1-6-9(14-5-11-6)12-8(13)7-3-2-4-10-7;;/h5,7,10H,2-4H2,1H3,(H,12,13);2*1H/t7-;;/m0../s1. The minimum absolute atomic E-state index is 0. The summed E-state index contributed by atoms with van der Waals surface area (Å²) in [6.07, 6.45) is 2.02. The molecule has 0 bridgehead atoms. The fourth-order valence-electron chi connectivity index (χ4n) is 1.53. The molecular weight excluding hydrogens is 269 g/mol. The molecule has 1 fully saturated rings. The van der Waals surface area contributed by atoms with Crippen molar-refractivity contribution in [3.05, 3.63) is 11.2 Å². The smallest absolute Gasteiger partial charge is 0.242 e. The second-order valence-corrected chi connectivity index (χ2v) is 4.26. The lowest BCUT2D eigenvalue weighted by molar-refractivity contribution is -0.117. The Hall–Kier alpha value is -0.360. The van der Waals surface area contributed by atoms with Crippen LogP contribution in [0.25, 0.3) is 0 Å². The molecule has 4 nitrogen and oxygen atoms in total. The van der Waals surface area contributed by atoms with E-state index in [0.29, 0.717) is 0 Å². The van der Waals surface area contributed by atoms with Gasteiger partial charge in [0, 0.05) is 0 Å². The zero-order valence-electron chi connectivity index (χ0n) is 8.86. The van der Waals surface area contributed by atoms with Crippen molar-refractivity contribution < 1.29 is 4.79 Å². The van der Waals surface area contributed by atoms with E-state index in [1.165, 1.54) is 11.3 Å². The molecule has 16 heavy (non-hydrogen) atoms.